The lowest BCUT2D eigenvalue weighted by Crippen LogP contribution is -2.44. The lowest BCUT2D eigenvalue weighted by Gasteiger charge is -2.34. The van der Waals surface area contributed by atoms with Crippen LogP contribution in [0.2, 0.25) is 0 Å². The van der Waals surface area contributed by atoms with Crippen molar-refractivity contribution in [3.8, 4) is 5.75 Å². The molecule has 7 nitrogen and oxygen atoms in total. The molecule has 1 saturated carbocycles. The summed E-state index contributed by atoms with van der Waals surface area (Å²) in [6.45, 7) is 5.10. The standard InChI is InChI=1S/C23H32N4O3/c1-3-20(4-2-17(1)26-18-5-11-28-12-6-18)30-22-16-19(27-9-13-29-14-10-27)15-21-23(22)25-8-7-24-21/h7-8,15-18,20,26H,1-6,9-14H2. The molecule has 1 aromatic carbocycles. The van der Waals surface area contributed by atoms with Crippen molar-refractivity contribution in [1.29, 1.82) is 0 Å². The Balaban J connectivity index is 1.25. The summed E-state index contributed by atoms with van der Waals surface area (Å²) in [5.74, 6) is 0.864. The SMILES string of the molecule is c1cnc2c(OC3CCC(NC4CCOCC4)CC3)cc(N3CCOCC3)cc2n1. The van der Waals surface area contributed by atoms with E-state index in [1.54, 1.807) is 12.4 Å². The fraction of sp³-hybridized carbons (Fsp3) is 0.652. The van der Waals surface area contributed by atoms with Crippen LogP contribution in [-0.2, 0) is 9.47 Å². The zero-order chi connectivity index (χ0) is 20.2. The van der Waals surface area contributed by atoms with Crippen LogP contribution in [0.3, 0.4) is 0 Å². The molecule has 5 rings (SSSR count). The molecule has 1 aromatic heterocycles. The summed E-state index contributed by atoms with van der Waals surface area (Å²) in [6.07, 6.45) is 10.5. The second kappa shape index (κ2) is 9.45. The monoisotopic (exact) mass is 412 g/mol. The molecule has 162 valence electrons. The summed E-state index contributed by atoms with van der Waals surface area (Å²) in [6, 6.07) is 5.49. The van der Waals surface area contributed by atoms with Gasteiger partial charge in [0.25, 0.3) is 0 Å². The molecule has 2 aromatic rings. The molecule has 0 unspecified atom stereocenters. The molecular weight excluding hydrogens is 380 g/mol. The lowest BCUT2D eigenvalue weighted by molar-refractivity contribution is 0.0690. The van der Waals surface area contributed by atoms with Crippen LogP contribution in [0.4, 0.5) is 5.69 Å². The Bertz CT molecular complexity index is 828. The number of morpholine rings is 1. The van der Waals surface area contributed by atoms with Gasteiger partial charge in [-0.15, -0.1) is 0 Å². The molecular formula is C23H32N4O3. The van der Waals surface area contributed by atoms with E-state index in [0.29, 0.717) is 12.1 Å². The maximum atomic E-state index is 6.53. The molecule has 1 aliphatic carbocycles. The van der Waals surface area contributed by atoms with Gasteiger partial charge in [-0.25, -0.2) is 4.98 Å². The molecule has 3 aliphatic rings. The summed E-state index contributed by atoms with van der Waals surface area (Å²) >= 11 is 0. The molecule has 2 saturated heterocycles. The number of nitrogens with one attached hydrogen (secondary N) is 1. The molecule has 0 bridgehead atoms. The van der Waals surface area contributed by atoms with Crippen molar-refractivity contribution in [2.75, 3.05) is 44.4 Å². The van der Waals surface area contributed by atoms with E-state index in [1.165, 1.54) is 0 Å². The first-order chi connectivity index (χ1) is 14.8. The van der Waals surface area contributed by atoms with E-state index in [9.17, 15) is 0 Å². The van der Waals surface area contributed by atoms with Crippen LogP contribution in [0, 0.1) is 0 Å². The highest BCUT2D eigenvalue weighted by Gasteiger charge is 2.26. The fourth-order valence-corrected chi connectivity index (χ4v) is 4.85. The summed E-state index contributed by atoms with van der Waals surface area (Å²) in [5, 5.41) is 3.85. The van der Waals surface area contributed by atoms with Crippen LogP contribution in [-0.4, -0.2) is 67.7 Å². The van der Waals surface area contributed by atoms with Gasteiger partial charge in [0.2, 0.25) is 0 Å². The van der Waals surface area contributed by atoms with Crippen molar-refractivity contribution in [3.05, 3.63) is 24.5 Å². The van der Waals surface area contributed by atoms with Crippen molar-refractivity contribution < 1.29 is 14.2 Å². The average Bonchev–Trinajstić information content (AvgIpc) is 2.81. The maximum Gasteiger partial charge on any atom is 0.149 e. The van der Waals surface area contributed by atoms with E-state index < -0.39 is 0 Å². The number of benzene rings is 1. The van der Waals surface area contributed by atoms with Gasteiger partial charge < -0.3 is 24.4 Å². The Kier molecular flexibility index (Phi) is 6.29. The number of nitrogens with zero attached hydrogens (tertiary/aromatic N) is 3. The van der Waals surface area contributed by atoms with E-state index in [1.807, 2.05) is 0 Å². The molecule has 7 heteroatoms. The van der Waals surface area contributed by atoms with Gasteiger partial charge in [0.1, 0.15) is 11.3 Å². The Labute approximate surface area is 178 Å². The molecule has 1 N–H and O–H groups in total. The van der Waals surface area contributed by atoms with Crippen molar-refractivity contribution in [3.63, 3.8) is 0 Å². The third kappa shape index (κ3) is 4.68. The third-order valence-electron chi connectivity index (χ3n) is 6.56. The zero-order valence-electron chi connectivity index (χ0n) is 17.6. The highest BCUT2D eigenvalue weighted by atomic mass is 16.5. The molecule has 3 fully saturated rings. The maximum absolute atomic E-state index is 6.53. The summed E-state index contributed by atoms with van der Waals surface area (Å²) < 4.78 is 17.5. The van der Waals surface area contributed by atoms with Gasteiger partial charge in [0.15, 0.2) is 0 Å². The minimum atomic E-state index is 0.239. The van der Waals surface area contributed by atoms with E-state index in [0.717, 1.165) is 101 Å². The third-order valence-corrected chi connectivity index (χ3v) is 6.56. The van der Waals surface area contributed by atoms with E-state index >= 15 is 0 Å². The quantitative estimate of drug-likeness (QED) is 0.810. The molecule has 0 amide bonds. The second-order valence-electron chi connectivity index (χ2n) is 8.61. The molecule has 30 heavy (non-hydrogen) atoms. The van der Waals surface area contributed by atoms with Crippen LogP contribution in [0.15, 0.2) is 24.5 Å². The molecule has 0 atom stereocenters. The molecule has 3 heterocycles. The second-order valence-corrected chi connectivity index (χ2v) is 8.61. The Morgan fingerprint density at radius 3 is 2.33 bits per heavy atom. The number of anilines is 1. The predicted molar refractivity (Wildman–Crippen MR) is 116 cm³/mol. The van der Waals surface area contributed by atoms with Crippen LogP contribution in [0.25, 0.3) is 11.0 Å². The minimum absolute atomic E-state index is 0.239. The van der Waals surface area contributed by atoms with Gasteiger partial charge in [-0.05, 0) is 44.6 Å². The normalized spacial score (nSPS) is 26.1. The van der Waals surface area contributed by atoms with Crippen molar-refractivity contribution in [1.82, 2.24) is 15.3 Å². The van der Waals surface area contributed by atoms with Crippen molar-refractivity contribution in [2.24, 2.45) is 0 Å². The zero-order valence-corrected chi connectivity index (χ0v) is 17.6. The summed E-state index contributed by atoms with van der Waals surface area (Å²) in [4.78, 5) is 11.5. The van der Waals surface area contributed by atoms with Crippen LogP contribution in [0.5, 0.6) is 5.75 Å². The van der Waals surface area contributed by atoms with Gasteiger partial charge in [-0.1, -0.05) is 0 Å². The Morgan fingerprint density at radius 2 is 1.53 bits per heavy atom. The number of fused-ring (bicyclic) bond motifs is 1. The summed E-state index contributed by atoms with van der Waals surface area (Å²) in [5.41, 5.74) is 2.90. The van der Waals surface area contributed by atoms with Gasteiger partial charge in [-0.2, -0.15) is 0 Å². The lowest BCUT2D eigenvalue weighted by atomic mass is 9.91. The predicted octanol–water partition coefficient (Wildman–Crippen LogP) is 2.93. The number of ether oxygens (including phenoxy) is 3. The smallest absolute Gasteiger partial charge is 0.149 e. The van der Waals surface area contributed by atoms with Crippen molar-refractivity contribution >= 4 is 16.7 Å². The molecule has 2 aliphatic heterocycles. The van der Waals surface area contributed by atoms with E-state index in [2.05, 4.69) is 32.3 Å². The topological polar surface area (TPSA) is 68.7 Å². The van der Waals surface area contributed by atoms with E-state index in [-0.39, 0.29) is 6.10 Å². The number of hydrogen-bond acceptors (Lipinski definition) is 7. The molecule has 0 spiro atoms. The highest BCUT2D eigenvalue weighted by molar-refractivity contribution is 5.85. The Morgan fingerprint density at radius 1 is 0.833 bits per heavy atom. The first-order valence-electron chi connectivity index (χ1n) is 11.4. The fourth-order valence-electron chi connectivity index (χ4n) is 4.85. The van der Waals surface area contributed by atoms with Gasteiger partial charge >= 0.3 is 0 Å². The first kappa shape index (κ1) is 20.0. The number of hydrogen-bond donors (Lipinski definition) is 1. The van der Waals surface area contributed by atoms with Crippen LogP contribution in [0.1, 0.15) is 38.5 Å². The highest BCUT2D eigenvalue weighted by Crippen LogP contribution is 2.33. The van der Waals surface area contributed by atoms with Gasteiger partial charge in [0.05, 0.1) is 24.8 Å². The first-order valence-corrected chi connectivity index (χ1v) is 11.4. The van der Waals surface area contributed by atoms with Crippen LogP contribution >= 0.6 is 0 Å². The number of rotatable bonds is 5. The Hall–Kier alpha value is -1.96. The largest absolute Gasteiger partial charge is 0.488 e. The minimum Gasteiger partial charge on any atom is -0.488 e. The molecule has 0 radical (unpaired) electrons. The van der Waals surface area contributed by atoms with Crippen molar-refractivity contribution in [2.45, 2.75) is 56.7 Å². The van der Waals surface area contributed by atoms with Crippen LogP contribution < -0.4 is 15.0 Å². The average molecular weight is 413 g/mol. The van der Waals surface area contributed by atoms with Gasteiger partial charge in [0, 0.05) is 62.5 Å². The van der Waals surface area contributed by atoms with Gasteiger partial charge in [-0.3, -0.25) is 4.98 Å². The summed E-state index contributed by atoms with van der Waals surface area (Å²) in [7, 11) is 0. The number of aromatic nitrogens is 2. The van der Waals surface area contributed by atoms with E-state index in [4.69, 9.17) is 14.2 Å².